The minimum Gasteiger partial charge on any atom is -0.392 e. The molecule has 0 bridgehead atoms. The van der Waals surface area contributed by atoms with E-state index in [1.54, 1.807) is 7.11 Å². The summed E-state index contributed by atoms with van der Waals surface area (Å²) in [6.07, 6.45) is 2.18. The fourth-order valence-corrected chi connectivity index (χ4v) is 2.29. The van der Waals surface area contributed by atoms with E-state index in [1.165, 1.54) is 5.56 Å². The summed E-state index contributed by atoms with van der Waals surface area (Å²) in [6.45, 7) is 1.33. The Balaban J connectivity index is 2.21. The number of ether oxygens (including phenoxy) is 1. The monoisotopic (exact) mass is 249 g/mol. The van der Waals surface area contributed by atoms with Crippen LogP contribution in [-0.4, -0.2) is 31.3 Å². The Morgan fingerprint density at radius 2 is 2.22 bits per heavy atom. The maximum absolute atomic E-state index is 12.0. The first-order chi connectivity index (χ1) is 8.76. The number of nitrogens with zero attached hydrogens (tertiary/aromatic N) is 1. The molecule has 4 heteroatoms. The molecule has 0 saturated heterocycles. The smallest absolute Gasteiger partial charge is 0.227 e. The van der Waals surface area contributed by atoms with Gasteiger partial charge in [0.05, 0.1) is 6.61 Å². The highest BCUT2D eigenvalue weighted by molar-refractivity contribution is 5.96. The second-order valence-corrected chi connectivity index (χ2v) is 4.51. The molecule has 0 radical (unpaired) electrons. The third kappa shape index (κ3) is 2.71. The fraction of sp³-hybridized carbons (Fsp3) is 0.500. The second kappa shape index (κ2) is 5.98. The number of hydrogen-bond acceptors (Lipinski definition) is 3. The van der Waals surface area contributed by atoms with E-state index in [0.717, 1.165) is 24.1 Å². The number of rotatable bonds is 5. The van der Waals surface area contributed by atoms with Crippen LogP contribution in [0.3, 0.4) is 0 Å². The zero-order valence-corrected chi connectivity index (χ0v) is 10.7. The number of aliphatic hydroxyl groups is 1. The second-order valence-electron chi connectivity index (χ2n) is 4.51. The van der Waals surface area contributed by atoms with Crippen LogP contribution in [0, 0.1) is 0 Å². The lowest BCUT2D eigenvalue weighted by Crippen LogP contribution is -2.36. The van der Waals surface area contributed by atoms with Gasteiger partial charge in [0.2, 0.25) is 5.91 Å². The van der Waals surface area contributed by atoms with Crippen molar-refractivity contribution in [3.05, 3.63) is 29.3 Å². The van der Waals surface area contributed by atoms with Gasteiger partial charge in [0.15, 0.2) is 0 Å². The van der Waals surface area contributed by atoms with Gasteiger partial charge < -0.3 is 14.7 Å². The zero-order valence-electron chi connectivity index (χ0n) is 10.7. The lowest BCUT2D eigenvalue weighted by Gasteiger charge is -2.29. The largest absolute Gasteiger partial charge is 0.392 e. The van der Waals surface area contributed by atoms with Crippen molar-refractivity contribution < 1.29 is 14.6 Å². The summed E-state index contributed by atoms with van der Waals surface area (Å²) in [5, 5.41) is 9.18. The molecule has 0 unspecified atom stereocenters. The maximum Gasteiger partial charge on any atom is 0.227 e. The summed E-state index contributed by atoms with van der Waals surface area (Å²) in [5.41, 5.74) is 2.98. The molecule has 1 aliphatic heterocycles. The third-order valence-electron chi connectivity index (χ3n) is 3.26. The lowest BCUT2D eigenvalue weighted by molar-refractivity contribution is -0.118. The van der Waals surface area contributed by atoms with Crippen molar-refractivity contribution in [2.45, 2.75) is 25.9 Å². The van der Waals surface area contributed by atoms with E-state index in [1.807, 2.05) is 23.1 Å². The topological polar surface area (TPSA) is 49.8 Å². The van der Waals surface area contributed by atoms with Crippen LogP contribution in [0.5, 0.6) is 0 Å². The van der Waals surface area contributed by atoms with Gasteiger partial charge in [0.25, 0.3) is 0 Å². The molecule has 0 aromatic heterocycles. The number of carbonyl (C=O) groups is 1. The van der Waals surface area contributed by atoms with Crippen LogP contribution in [0.2, 0.25) is 0 Å². The number of methoxy groups -OCH3 is 1. The third-order valence-corrected chi connectivity index (χ3v) is 3.26. The Bertz CT molecular complexity index is 431. The van der Waals surface area contributed by atoms with Gasteiger partial charge in [-0.3, -0.25) is 4.79 Å². The molecule has 18 heavy (non-hydrogen) atoms. The molecule has 1 heterocycles. The molecule has 0 aliphatic carbocycles. The first-order valence-corrected chi connectivity index (χ1v) is 6.28. The molecular weight excluding hydrogens is 230 g/mol. The Labute approximate surface area is 107 Å². The predicted octanol–water partition coefficient (Wildman–Crippen LogP) is 1.49. The van der Waals surface area contributed by atoms with Gasteiger partial charge in [-0.2, -0.15) is 0 Å². The molecular formula is C14H19NO3. The van der Waals surface area contributed by atoms with Crippen molar-refractivity contribution >= 4 is 11.6 Å². The lowest BCUT2D eigenvalue weighted by atomic mass is 9.99. The number of anilines is 1. The minimum atomic E-state index is 0.00732. The molecule has 1 amide bonds. The van der Waals surface area contributed by atoms with E-state index in [9.17, 15) is 9.90 Å². The van der Waals surface area contributed by atoms with Crippen molar-refractivity contribution in [2.24, 2.45) is 0 Å². The molecule has 1 aromatic rings. The number of carbonyl (C=O) groups excluding carboxylic acids is 1. The molecule has 0 fully saturated rings. The summed E-state index contributed by atoms with van der Waals surface area (Å²) < 4.78 is 5.02. The van der Waals surface area contributed by atoms with E-state index >= 15 is 0 Å². The number of aliphatic hydroxyl groups excluding tert-OH is 1. The minimum absolute atomic E-state index is 0.00732. The van der Waals surface area contributed by atoms with Crippen LogP contribution >= 0.6 is 0 Å². The van der Waals surface area contributed by atoms with Crippen molar-refractivity contribution in [2.75, 3.05) is 25.2 Å². The van der Waals surface area contributed by atoms with Crippen LogP contribution in [0.1, 0.15) is 24.0 Å². The van der Waals surface area contributed by atoms with Crippen LogP contribution in [-0.2, 0) is 22.6 Å². The Morgan fingerprint density at radius 3 is 2.94 bits per heavy atom. The average molecular weight is 249 g/mol. The average Bonchev–Trinajstić information content (AvgIpc) is 2.41. The normalized spacial score (nSPS) is 14.8. The summed E-state index contributed by atoms with van der Waals surface area (Å²) in [7, 11) is 1.66. The quantitative estimate of drug-likeness (QED) is 0.804. The predicted molar refractivity (Wildman–Crippen MR) is 69.5 cm³/mol. The van der Waals surface area contributed by atoms with Gasteiger partial charge in [-0.05, 0) is 30.0 Å². The van der Waals surface area contributed by atoms with Gasteiger partial charge >= 0.3 is 0 Å². The van der Waals surface area contributed by atoms with Crippen molar-refractivity contribution in [1.82, 2.24) is 0 Å². The van der Waals surface area contributed by atoms with Gasteiger partial charge in [-0.1, -0.05) is 12.1 Å². The highest BCUT2D eigenvalue weighted by Crippen LogP contribution is 2.29. The first kappa shape index (κ1) is 13.1. The molecule has 0 atom stereocenters. The van der Waals surface area contributed by atoms with Crippen LogP contribution in [0.15, 0.2) is 18.2 Å². The van der Waals surface area contributed by atoms with Gasteiger partial charge in [0.1, 0.15) is 0 Å². The number of benzene rings is 1. The molecule has 0 saturated carbocycles. The van der Waals surface area contributed by atoms with Crippen LogP contribution < -0.4 is 4.90 Å². The van der Waals surface area contributed by atoms with Gasteiger partial charge in [0, 0.05) is 32.4 Å². The SMILES string of the molecule is COCCCN1C(=O)CCc2ccc(CO)cc21. The summed E-state index contributed by atoms with van der Waals surface area (Å²) >= 11 is 0. The van der Waals surface area contributed by atoms with Crippen LogP contribution in [0.25, 0.3) is 0 Å². The van der Waals surface area contributed by atoms with E-state index in [0.29, 0.717) is 19.6 Å². The van der Waals surface area contributed by atoms with Crippen LogP contribution in [0.4, 0.5) is 5.69 Å². The first-order valence-electron chi connectivity index (χ1n) is 6.28. The molecule has 1 N–H and O–H groups in total. The molecule has 2 rings (SSSR count). The van der Waals surface area contributed by atoms with Crippen molar-refractivity contribution in [1.29, 1.82) is 0 Å². The van der Waals surface area contributed by atoms with E-state index in [-0.39, 0.29) is 12.5 Å². The number of aryl methyl sites for hydroxylation is 1. The summed E-state index contributed by atoms with van der Waals surface area (Å²) in [4.78, 5) is 13.8. The highest BCUT2D eigenvalue weighted by Gasteiger charge is 2.23. The van der Waals surface area contributed by atoms with Crippen molar-refractivity contribution in [3.8, 4) is 0 Å². The molecule has 1 aliphatic rings. The Hall–Kier alpha value is -1.39. The Kier molecular flexibility index (Phi) is 4.33. The van der Waals surface area contributed by atoms with E-state index in [2.05, 4.69) is 0 Å². The summed E-state index contributed by atoms with van der Waals surface area (Å²) in [6, 6.07) is 5.85. The molecule has 98 valence electrons. The molecule has 0 spiro atoms. The van der Waals surface area contributed by atoms with Gasteiger partial charge in [-0.25, -0.2) is 0 Å². The molecule has 1 aromatic carbocycles. The van der Waals surface area contributed by atoms with Crippen molar-refractivity contribution in [3.63, 3.8) is 0 Å². The Morgan fingerprint density at radius 1 is 1.39 bits per heavy atom. The number of amides is 1. The van der Waals surface area contributed by atoms with Gasteiger partial charge in [-0.15, -0.1) is 0 Å². The summed E-state index contributed by atoms with van der Waals surface area (Å²) in [5.74, 6) is 0.161. The molecule has 4 nitrogen and oxygen atoms in total. The fourth-order valence-electron chi connectivity index (χ4n) is 2.29. The van der Waals surface area contributed by atoms with E-state index < -0.39 is 0 Å². The standard InChI is InChI=1S/C14H19NO3/c1-18-8-2-7-15-13-9-11(10-16)3-4-12(13)5-6-14(15)17/h3-4,9,16H,2,5-8,10H2,1H3. The highest BCUT2D eigenvalue weighted by atomic mass is 16.5. The maximum atomic E-state index is 12.0. The number of fused-ring (bicyclic) bond motifs is 1. The van der Waals surface area contributed by atoms with E-state index in [4.69, 9.17) is 4.74 Å². The zero-order chi connectivity index (χ0) is 13.0. The number of hydrogen-bond donors (Lipinski definition) is 1.